The molecular formula is C17H16F3NO2. The molecule has 6 heteroatoms. The lowest BCUT2D eigenvalue weighted by molar-refractivity contribution is -0.274. The summed E-state index contributed by atoms with van der Waals surface area (Å²) in [6, 6.07) is 12.2. The van der Waals surface area contributed by atoms with Crippen LogP contribution in [-0.2, 0) is 0 Å². The second-order valence-electron chi connectivity index (χ2n) is 5.27. The van der Waals surface area contributed by atoms with Crippen LogP contribution < -0.4 is 10.1 Å². The van der Waals surface area contributed by atoms with Gasteiger partial charge < -0.3 is 10.1 Å². The van der Waals surface area contributed by atoms with E-state index in [-0.39, 0.29) is 17.2 Å². The first-order chi connectivity index (χ1) is 10.8. The van der Waals surface area contributed by atoms with Crippen molar-refractivity contribution in [2.24, 2.45) is 0 Å². The maximum absolute atomic E-state index is 12.2. The SMILES string of the molecule is CC(C)c1ccccc1NC(=O)c1ccc(OC(F)(F)F)cc1. The predicted molar refractivity (Wildman–Crippen MR) is 81.6 cm³/mol. The zero-order chi connectivity index (χ0) is 17.0. The molecule has 1 amide bonds. The number of halogens is 3. The van der Waals surface area contributed by atoms with Crippen molar-refractivity contribution in [3.05, 3.63) is 59.7 Å². The number of nitrogens with one attached hydrogen (secondary N) is 1. The van der Waals surface area contributed by atoms with Gasteiger partial charge in [0.05, 0.1) is 0 Å². The zero-order valence-electron chi connectivity index (χ0n) is 12.6. The van der Waals surface area contributed by atoms with Gasteiger partial charge in [0, 0.05) is 11.3 Å². The Kier molecular flexibility index (Phi) is 4.93. The van der Waals surface area contributed by atoms with Crippen LogP contribution >= 0.6 is 0 Å². The second-order valence-corrected chi connectivity index (χ2v) is 5.27. The molecule has 23 heavy (non-hydrogen) atoms. The highest BCUT2D eigenvalue weighted by Crippen LogP contribution is 2.25. The molecule has 0 atom stereocenters. The number of rotatable bonds is 4. The maximum atomic E-state index is 12.2. The molecule has 1 N–H and O–H groups in total. The summed E-state index contributed by atoms with van der Waals surface area (Å²) in [5, 5.41) is 2.77. The van der Waals surface area contributed by atoms with Gasteiger partial charge in [-0.05, 0) is 41.8 Å². The van der Waals surface area contributed by atoms with Crippen LogP contribution in [-0.4, -0.2) is 12.3 Å². The van der Waals surface area contributed by atoms with Gasteiger partial charge in [0.2, 0.25) is 0 Å². The highest BCUT2D eigenvalue weighted by Gasteiger charge is 2.31. The van der Waals surface area contributed by atoms with Gasteiger partial charge in [-0.2, -0.15) is 0 Å². The first-order valence-corrected chi connectivity index (χ1v) is 7.02. The van der Waals surface area contributed by atoms with Crippen LogP contribution in [0, 0.1) is 0 Å². The molecule has 0 aliphatic rings. The molecule has 0 unspecified atom stereocenters. The van der Waals surface area contributed by atoms with Crippen LogP contribution in [0.4, 0.5) is 18.9 Å². The summed E-state index contributed by atoms with van der Waals surface area (Å²) in [7, 11) is 0. The van der Waals surface area contributed by atoms with E-state index in [4.69, 9.17) is 0 Å². The molecule has 2 aromatic rings. The number of carbonyl (C=O) groups excluding carboxylic acids is 1. The fourth-order valence-electron chi connectivity index (χ4n) is 2.12. The molecule has 2 rings (SSSR count). The van der Waals surface area contributed by atoms with Gasteiger partial charge in [-0.1, -0.05) is 32.0 Å². The Morgan fingerprint density at radius 3 is 2.22 bits per heavy atom. The molecule has 122 valence electrons. The highest BCUT2D eigenvalue weighted by molar-refractivity contribution is 6.04. The number of hydrogen-bond donors (Lipinski definition) is 1. The van der Waals surface area contributed by atoms with Gasteiger partial charge in [-0.25, -0.2) is 0 Å². The fourth-order valence-corrected chi connectivity index (χ4v) is 2.12. The number of ether oxygens (including phenoxy) is 1. The highest BCUT2D eigenvalue weighted by atomic mass is 19.4. The van der Waals surface area contributed by atoms with Crippen LogP contribution in [0.25, 0.3) is 0 Å². The fraction of sp³-hybridized carbons (Fsp3) is 0.235. The third kappa shape index (κ3) is 4.74. The molecule has 0 bridgehead atoms. The first-order valence-electron chi connectivity index (χ1n) is 7.02. The van der Waals surface area contributed by atoms with Crippen LogP contribution in [0.3, 0.4) is 0 Å². The molecule has 3 nitrogen and oxygen atoms in total. The standard InChI is InChI=1S/C17H16F3NO2/c1-11(2)14-5-3-4-6-15(14)21-16(22)12-7-9-13(10-8-12)23-17(18,19)20/h3-11H,1-2H3,(H,21,22). The van der Waals surface area contributed by atoms with Gasteiger partial charge in [-0.15, -0.1) is 13.2 Å². The number of hydrogen-bond acceptors (Lipinski definition) is 2. The molecule has 0 spiro atoms. The number of benzene rings is 2. The topological polar surface area (TPSA) is 38.3 Å². The van der Waals surface area contributed by atoms with Crippen molar-refractivity contribution < 1.29 is 22.7 Å². The number of anilines is 1. The van der Waals surface area contributed by atoms with Crippen LogP contribution in [0.2, 0.25) is 0 Å². The summed E-state index contributed by atoms with van der Waals surface area (Å²) >= 11 is 0. The Hall–Kier alpha value is -2.50. The lowest BCUT2D eigenvalue weighted by Crippen LogP contribution is -2.17. The third-order valence-corrected chi connectivity index (χ3v) is 3.18. The summed E-state index contributed by atoms with van der Waals surface area (Å²) in [6.07, 6.45) is -4.75. The summed E-state index contributed by atoms with van der Waals surface area (Å²) in [6.45, 7) is 4.02. The lowest BCUT2D eigenvalue weighted by Gasteiger charge is -2.14. The normalized spacial score (nSPS) is 11.4. The summed E-state index contributed by atoms with van der Waals surface area (Å²) in [5.41, 5.74) is 1.92. The van der Waals surface area contributed by atoms with Gasteiger partial charge in [0.25, 0.3) is 5.91 Å². The van der Waals surface area contributed by atoms with Gasteiger partial charge in [-0.3, -0.25) is 4.79 Å². The molecular weight excluding hydrogens is 307 g/mol. The molecule has 0 aliphatic heterocycles. The summed E-state index contributed by atoms with van der Waals surface area (Å²) in [4.78, 5) is 12.2. The minimum Gasteiger partial charge on any atom is -0.406 e. The van der Waals surface area contributed by atoms with E-state index in [9.17, 15) is 18.0 Å². The minimum atomic E-state index is -4.75. The van der Waals surface area contributed by atoms with Gasteiger partial charge in [0.1, 0.15) is 5.75 Å². The van der Waals surface area contributed by atoms with E-state index in [1.807, 2.05) is 32.0 Å². The Labute approximate surface area is 132 Å². The molecule has 0 saturated heterocycles. The van der Waals surface area contributed by atoms with Crippen LogP contribution in [0.1, 0.15) is 35.7 Å². The van der Waals surface area contributed by atoms with Crippen molar-refractivity contribution in [1.29, 1.82) is 0 Å². The Bertz CT molecular complexity index is 679. The Morgan fingerprint density at radius 2 is 1.65 bits per heavy atom. The largest absolute Gasteiger partial charge is 0.573 e. The average Bonchev–Trinajstić information content (AvgIpc) is 2.46. The molecule has 2 aromatic carbocycles. The first kappa shape index (κ1) is 16.9. The Balaban J connectivity index is 2.13. The lowest BCUT2D eigenvalue weighted by atomic mass is 10.0. The van der Waals surface area contributed by atoms with E-state index in [0.717, 1.165) is 17.7 Å². The molecule has 0 aliphatic carbocycles. The van der Waals surface area contributed by atoms with E-state index in [1.165, 1.54) is 12.1 Å². The van der Waals surface area contributed by atoms with Crippen LogP contribution in [0.5, 0.6) is 5.75 Å². The van der Waals surface area contributed by atoms with Crippen molar-refractivity contribution >= 4 is 11.6 Å². The molecule has 0 saturated carbocycles. The van der Waals surface area contributed by atoms with Crippen molar-refractivity contribution in [3.63, 3.8) is 0 Å². The second kappa shape index (κ2) is 6.73. The van der Waals surface area contributed by atoms with Crippen LogP contribution in [0.15, 0.2) is 48.5 Å². The van der Waals surface area contributed by atoms with E-state index >= 15 is 0 Å². The summed E-state index contributed by atoms with van der Waals surface area (Å²) < 4.78 is 40.1. The number of para-hydroxylation sites is 1. The summed E-state index contributed by atoms with van der Waals surface area (Å²) in [5.74, 6) is -0.526. The average molecular weight is 323 g/mol. The number of alkyl halides is 3. The van der Waals surface area contributed by atoms with E-state index in [2.05, 4.69) is 10.1 Å². The molecule has 0 fully saturated rings. The van der Waals surface area contributed by atoms with E-state index in [1.54, 1.807) is 6.07 Å². The quantitative estimate of drug-likeness (QED) is 0.863. The monoisotopic (exact) mass is 323 g/mol. The van der Waals surface area contributed by atoms with Crippen molar-refractivity contribution in [1.82, 2.24) is 0 Å². The number of amides is 1. The zero-order valence-corrected chi connectivity index (χ0v) is 12.6. The maximum Gasteiger partial charge on any atom is 0.573 e. The smallest absolute Gasteiger partial charge is 0.406 e. The molecule has 0 radical (unpaired) electrons. The van der Waals surface area contributed by atoms with Crippen molar-refractivity contribution in [3.8, 4) is 5.75 Å². The van der Waals surface area contributed by atoms with Crippen molar-refractivity contribution in [2.45, 2.75) is 26.1 Å². The van der Waals surface area contributed by atoms with E-state index in [0.29, 0.717) is 5.69 Å². The third-order valence-electron chi connectivity index (χ3n) is 3.18. The van der Waals surface area contributed by atoms with Gasteiger partial charge in [0.15, 0.2) is 0 Å². The van der Waals surface area contributed by atoms with Crippen molar-refractivity contribution in [2.75, 3.05) is 5.32 Å². The molecule has 0 heterocycles. The van der Waals surface area contributed by atoms with E-state index < -0.39 is 12.3 Å². The number of carbonyl (C=O) groups is 1. The van der Waals surface area contributed by atoms with Gasteiger partial charge >= 0.3 is 6.36 Å². The Morgan fingerprint density at radius 1 is 1.04 bits per heavy atom. The predicted octanol–water partition coefficient (Wildman–Crippen LogP) is 4.96. The minimum absolute atomic E-state index is 0.231. The molecule has 0 aromatic heterocycles.